The monoisotopic (exact) mass is 461 g/mol. The van der Waals surface area contributed by atoms with E-state index in [1.165, 1.54) is 0 Å². The molecule has 16 heteroatoms. The lowest BCUT2D eigenvalue weighted by Gasteiger charge is -2.41. The minimum Gasteiger partial charge on any atom is -0.398 e. The first-order chi connectivity index (χ1) is 12.5. The standard InChI is InChI=1S/C13H6F15N/c14-7(15,5-3-1-2-4-6(5)29)8(16,17)9(18,19)10(20,21)11(22,23)12(24,25)13(26,27)28/h1-4H,29H2. The maximum absolute atomic E-state index is 13.8. The molecule has 0 fully saturated rings. The summed E-state index contributed by atoms with van der Waals surface area (Å²) in [4.78, 5) is 0. The van der Waals surface area contributed by atoms with Gasteiger partial charge in [-0.1, -0.05) is 18.2 Å². The second-order valence-corrected chi connectivity index (χ2v) is 5.53. The van der Waals surface area contributed by atoms with Gasteiger partial charge in [-0.2, -0.15) is 65.9 Å². The van der Waals surface area contributed by atoms with Crippen molar-refractivity contribution in [1.29, 1.82) is 0 Å². The molecule has 0 radical (unpaired) electrons. The summed E-state index contributed by atoms with van der Waals surface area (Å²) >= 11 is 0. The largest absolute Gasteiger partial charge is 0.460 e. The number of nitrogen functional groups attached to an aromatic ring is 1. The van der Waals surface area contributed by atoms with Crippen LogP contribution in [0.5, 0.6) is 0 Å². The van der Waals surface area contributed by atoms with E-state index in [-0.39, 0.29) is 6.07 Å². The summed E-state index contributed by atoms with van der Waals surface area (Å²) < 4.78 is 196. The molecular weight excluding hydrogens is 455 g/mol. The van der Waals surface area contributed by atoms with E-state index in [1.54, 1.807) is 0 Å². The molecule has 1 rings (SSSR count). The van der Waals surface area contributed by atoms with E-state index >= 15 is 0 Å². The number of nitrogens with two attached hydrogens (primary N) is 1. The minimum absolute atomic E-state index is 0.111. The first kappa shape index (κ1) is 25.0. The van der Waals surface area contributed by atoms with Crippen molar-refractivity contribution in [2.75, 3.05) is 5.73 Å². The molecule has 1 nitrogen and oxygen atoms in total. The second-order valence-electron chi connectivity index (χ2n) is 5.53. The van der Waals surface area contributed by atoms with Gasteiger partial charge in [-0.3, -0.25) is 0 Å². The third-order valence-electron chi connectivity index (χ3n) is 3.63. The average molecular weight is 461 g/mol. The van der Waals surface area contributed by atoms with Crippen LogP contribution in [0.25, 0.3) is 0 Å². The zero-order chi connectivity index (χ0) is 23.5. The third-order valence-corrected chi connectivity index (χ3v) is 3.63. The molecule has 0 unspecified atom stereocenters. The van der Waals surface area contributed by atoms with Crippen molar-refractivity contribution in [2.24, 2.45) is 0 Å². The van der Waals surface area contributed by atoms with E-state index in [0.717, 1.165) is 6.07 Å². The highest BCUT2D eigenvalue weighted by Gasteiger charge is 2.93. The van der Waals surface area contributed by atoms with Crippen LogP contribution in [-0.4, -0.2) is 35.8 Å². The fourth-order valence-electron chi connectivity index (χ4n) is 1.92. The number of halogens is 15. The maximum atomic E-state index is 13.8. The van der Waals surface area contributed by atoms with E-state index in [4.69, 9.17) is 5.73 Å². The lowest BCUT2D eigenvalue weighted by Crippen LogP contribution is -2.72. The maximum Gasteiger partial charge on any atom is 0.460 e. The summed E-state index contributed by atoms with van der Waals surface area (Å²) in [5.74, 6) is -46.8. The molecular formula is C13H6F15N. The number of anilines is 1. The molecule has 0 saturated carbocycles. The van der Waals surface area contributed by atoms with Crippen molar-refractivity contribution < 1.29 is 65.9 Å². The van der Waals surface area contributed by atoms with Crippen molar-refractivity contribution in [1.82, 2.24) is 0 Å². The van der Waals surface area contributed by atoms with Crippen molar-refractivity contribution in [3.8, 4) is 0 Å². The predicted octanol–water partition coefficient (Wildman–Crippen LogP) is 6.10. The topological polar surface area (TPSA) is 26.0 Å². The van der Waals surface area contributed by atoms with Gasteiger partial charge in [0.2, 0.25) is 0 Å². The third kappa shape index (κ3) is 3.14. The van der Waals surface area contributed by atoms with Crippen molar-refractivity contribution in [3.05, 3.63) is 29.8 Å². The summed E-state index contributed by atoms with van der Waals surface area (Å²) in [7, 11) is 0. The molecule has 168 valence electrons. The summed E-state index contributed by atoms with van der Waals surface area (Å²) in [6.07, 6.45) is -7.63. The number of hydrogen-bond donors (Lipinski definition) is 1. The van der Waals surface area contributed by atoms with Crippen LogP contribution >= 0.6 is 0 Å². The highest BCUT2D eigenvalue weighted by atomic mass is 19.4. The Labute approximate surface area is 150 Å². The average Bonchev–Trinajstić information content (AvgIpc) is 2.53. The minimum atomic E-state index is -8.31. The van der Waals surface area contributed by atoms with Gasteiger partial charge >= 0.3 is 41.7 Å². The molecule has 2 N–H and O–H groups in total. The smallest absolute Gasteiger partial charge is 0.398 e. The molecule has 29 heavy (non-hydrogen) atoms. The molecule has 0 aliphatic heterocycles. The quantitative estimate of drug-likeness (QED) is 0.402. The Balaban J connectivity index is 3.68. The lowest BCUT2D eigenvalue weighted by molar-refractivity contribution is -0.453. The van der Waals surface area contributed by atoms with Crippen molar-refractivity contribution in [3.63, 3.8) is 0 Å². The molecule has 0 amide bonds. The van der Waals surface area contributed by atoms with Crippen molar-refractivity contribution >= 4 is 5.69 Å². The van der Waals surface area contributed by atoms with Gasteiger partial charge in [-0.15, -0.1) is 0 Å². The van der Waals surface area contributed by atoms with Crippen LogP contribution in [0.3, 0.4) is 0 Å². The Kier molecular flexibility index (Phi) is 5.59. The number of hydrogen-bond acceptors (Lipinski definition) is 1. The Bertz CT molecular complexity index is 749. The fraction of sp³-hybridized carbons (Fsp3) is 0.538. The van der Waals surface area contributed by atoms with Crippen LogP contribution in [0.2, 0.25) is 0 Å². The van der Waals surface area contributed by atoms with Crippen LogP contribution in [0.15, 0.2) is 24.3 Å². The molecule has 0 aliphatic rings. The zero-order valence-corrected chi connectivity index (χ0v) is 13.1. The predicted molar refractivity (Wildman–Crippen MR) is 65.5 cm³/mol. The fourth-order valence-corrected chi connectivity index (χ4v) is 1.92. The van der Waals surface area contributed by atoms with Crippen LogP contribution in [-0.2, 0) is 5.92 Å². The lowest BCUT2D eigenvalue weighted by atomic mass is 9.88. The van der Waals surface area contributed by atoms with Crippen LogP contribution in [0, 0.1) is 0 Å². The Morgan fingerprint density at radius 1 is 0.483 bits per heavy atom. The Hall–Kier alpha value is -2.03. The SMILES string of the molecule is Nc1ccccc1C(F)(F)C(F)(F)C(F)(F)C(F)(F)C(F)(F)C(F)(F)C(F)(F)F. The van der Waals surface area contributed by atoms with Gasteiger partial charge in [0.05, 0.1) is 5.56 Å². The van der Waals surface area contributed by atoms with Crippen LogP contribution in [0.1, 0.15) is 5.56 Å². The van der Waals surface area contributed by atoms with Crippen LogP contribution in [0.4, 0.5) is 71.5 Å². The van der Waals surface area contributed by atoms with Crippen LogP contribution < -0.4 is 5.73 Å². The highest BCUT2D eigenvalue weighted by molar-refractivity contribution is 5.50. The number of benzene rings is 1. The van der Waals surface area contributed by atoms with Gasteiger partial charge in [-0.05, 0) is 6.07 Å². The van der Waals surface area contributed by atoms with Gasteiger partial charge in [0, 0.05) is 5.69 Å². The first-order valence-electron chi connectivity index (χ1n) is 6.70. The highest BCUT2D eigenvalue weighted by Crippen LogP contribution is 2.63. The van der Waals surface area contributed by atoms with Gasteiger partial charge < -0.3 is 5.73 Å². The number of para-hydroxylation sites is 1. The second kappa shape index (κ2) is 6.48. The first-order valence-corrected chi connectivity index (χ1v) is 6.70. The van der Waals surface area contributed by atoms with E-state index in [1.807, 2.05) is 0 Å². The van der Waals surface area contributed by atoms with Gasteiger partial charge in [0.15, 0.2) is 0 Å². The molecule has 0 aromatic heterocycles. The summed E-state index contributed by atoms with van der Waals surface area (Å²) in [5, 5.41) is 0. The number of alkyl halides is 15. The summed E-state index contributed by atoms with van der Waals surface area (Å²) in [5.41, 5.74) is 1.08. The molecule has 0 heterocycles. The molecule has 0 aliphatic carbocycles. The van der Waals surface area contributed by atoms with E-state index < -0.39 is 53.0 Å². The summed E-state index contributed by atoms with van der Waals surface area (Å²) in [6, 6.07) is 1.50. The molecule has 0 atom stereocenters. The Morgan fingerprint density at radius 3 is 1.21 bits per heavy atom. The van der Waals surface area contributed by atoms with Crippen molar-refractivity contribution in [2.45, 2.75) is 41.7 Å². The molecule has 0 saturated heterocycles. The van der Waals surface area contributed by atoms with Gasteiger partial charge in [0.25, 0.3) is 0 Å². The molecule has 1 aromatic carbocycles. The molecule has 0 bridgehead atoms. The number of rotatable bonds is 6. The molecule has 1 aromatic rings. The van der Waals surface area contributed by atoms with E-state index in [9.17, 15) is 65.9 Å². The zero-order valence-electron chi connectivity index (χ0n) is 13.1. The normalized spacial score (nSPS) is 15.6. The Morgan fingerprint density at radius 2 is 0.828 bits per heavy atom. The van der Waals surface area contributed by atoms with E-state index in [2.05, 4.69) is 0 Å². The van der Waals surface area contributed by atoms with Gasteiger partial charge in [-0.25, -0.2) is 0 Å². The van der Waals surface area contributed by atoms with E-state index in [0.29, 0.717) is 12.1 Å². The molecule has 0 spiro atoms. The van der Waals surface area contributed by atoms with Gasteiger partial charge in [0.1, 0.15) is 0 Å². The summed E-state index contributed by atoms with van der Waals surface area (Å²) in [6.45, 7) is 0.